The van der Waals surface area contributed by atoms with Crippen molar-refractivity contribution in [3.05, 3.63) is 18.2 Å². The fourth-order valence-corrected chi connectivity index (χ4v) is 6.64. The van der Waals surface area contributed by atoms with Crippen LogP contribution in [-0.2, 0) is 11.3 Å². The van der Waals surface area contributed by atoms with E-state index in [1.807, 2.05) is 6.20 Å². The first-order chi connectivity index (χ1) is 15.4. The molecule has 1 amide bonds. The number of nitrogens with one attached hydrogen (secondary N) is 3. The van der Waals surface area contributed by atoms with Crippen LogP contribution in [0.25, 0.3) is 0 Å². The lowest BCUT2D eigenvalue weighted by Crippen LogP contribution is -2.58. The van der Waals surface area contributed by atoms with Crippen molar-refractivity contribution in [2.24, 2.45) is 23.7 Å². The van der Waals surface area contributed by atoms with Gasteiger partial charge in [-0.1, -0.05) is 6.92 Å². The summed E-state index contributed by atoms with van der Waals surface area (Å²) in [6.45, 7) is 8.15. The maximum absolute atomic E-state index is 13.2. The molecule has 1 aliphatic carbocycles. The molecule has 2 aliphatic heterocycles. The van der Waals surface area contributed by atoms with E-state index in [4.69, 9.17) is 23.2 Å². The van der Waals surface area contributed by atoms with Crippen molar-refractivity contribution >= 4 is 29.1 Å². The topological polar surface area (TPSA) is 71.0 Å². The normalized spacial score (nSPS) is 38.4. The standard InChI is InChI=1S/C24H39Cl2N5O/c1-15-12-27-6-5-19(15)22-10-18(14-31-8-7-28-16(31)2)11-23(30-22)24(32)29-13-17-3-4-20(25)21(26)9-17/h7-8,15,17-23,27,30H,3-6,9-14H2,1-2H3,(H,29,32). The van der Waals surface area contributed by atoms with E-state index >= 15 is 0 Å². The molecular formula is C24H39Cl2N5O. The quantitative estimate of drug-likeness (QED) is 0.542. The van der Waals surface area contributed by atoms with Gasteiger partial charge in [-0.3, -0.25) is 4.79 Å². The van der Waals surface area contributed by atoms with Crippen LogP contribution < -0.4 is 16.0 Å². The van der Waals surface area contributed by atoms with E-state index in [0.717, 1.165) is 57.6 Å². The van der Waals surface area contributed by atoms with Gasteiger partial charge in [0.2, 0.25) is 5.91 Å². The van der Waals surface area contributed by atoms with Crippen LogP contribution in [0, 0.1) is 30.6 Å². The van der Waals surface area contributed by atoms with Gasteiger partial charge in [-0.05, 0) is 82.2 Å². The molecule has 1 aromatic heterocycles. The minimum absolute atomic E-state index is 0.00806. The maximum atomic E-state index is 13.2. The molecule has 0 bridgehead atoms. The third kappa shape index (κ3) is 5.99. The number of imidazole rings is 1. The van der Waals surface area contributed by atoms with Crippen molar-refractivity contribution in [1.29, 1.82) is 0 Å². The van der Waals surface area contributed by atoms with Gasteiger partial charge in [0.05, 0.1) is 11.4 Å². The Kier molecular flexibility index (Phi) is 8.41. The summed E-state index contributed by atoms with van der Waals surface area (Å²) in [4.78, 5) is 17.6. The van der Waals surface area contributed by atoms with Gasteiger partial charge >= 0.3 is 0 Å². The Morgan fingerprint density at radius 1 is 1.19 bits per heavy atom. The molecule has 8 unspecified atom stereocenters. The molecule has 4 rings (SSSR count). The van der Waals surface area contributed by atoms with Crippen LogP contribution in [0.3, 0.4) is 0 Å². The van der Waals surface area contributed by atoms with Gasteiger partial charge in [-0.2, -0.15) is 0 Å². The highest BCUT2D eigenvalue weighted by Gasteiger charge is 2.38. The molecule has 8 atom stereocenters. The van der Waals surface area contributed by atoms with Crippen LogP contribution in [0.15, 0.2) is 12.4 Å². The van der Waals surface area contributed by atoms with Crippen LogP contribution in [0.4, 0.5) is 0 Å². The second-order valence-corrected chi connectivity index (χ2v) is 11.5. The van der Waals surface area contributed by atoms with Crippen LogP contribution >= 0.6 is 23.2 Å². The number of piperidine rings is 2. The zero-order valence-electron chi connectivity index (χ0n) is 19.4. The summed E-state index contributed by atoms with van der Waals surface area (Å²) in [6.07, 6.45) is 9.93. The lowest BCUT2D eigenvalue weighted by Gasteiger charge is -2.43. The summed E-state index contributed by atoms with van der Waals surface area (Å²) in [5.41, 5.74) is 0. The lowest BCUT2D eigenvalue weighted by atomic mass is 9.75. The van der Waals surface area contributed by atoms with Gasteiger partial charge in [0.1, 0.15) is 5.82 Å². The highest BCUT2D eigenvalue weighted by molar-refractivity contribution is 6.30. The Morgan fingerprint density at radius 3 is 2.75 bits per heavy atom. The van der Waals surface area contributed by atoms with Crippen LogP contribution in [0.1, 0.15) is 51.3 Å². The molecule has 3 N–H and O–H groups in total. The van der Waals surface area contributed by atoms with Crippen LogP contribution in [0.5, 0.6) is 0 Å². The van der Waals surface area contributed by atoms with E-state index in [1.165, 1.54) is 6.42 Å². The first-order valence-electron chi connectivity index (χ1n) is 12.4. The molecule has 3 fully saturated rings. The van der Waals surface area contributed by atoms with Gasteiger partial charge in [0, 0.05) is 36.9 Å². The van der Waals surface area contributed by atoms with Crippen molar-refractivity contribution in [1.82, 2.24) is 25.5 Å². The molecular weight excluding hydrogens is 445 g/mol. The molecule has 1 aromatic rings. The Bertz CT molecular complexity index is 759. The van der Waals surface area contributed by atoms with Crippen molar-refractivity contribution in [2.75, 3.05) is 19.6 Å². The summed E-state index contributed by atoms with van der Waals surface area (Å²) in [6, 6.07) is 0.241. The Labute approximate surface area is 202 Å². The van der Waals surface area contributed by atoms with Gasteiger partial charge < -0.3 is 20.5 Å². The number of alkyl halides is 2. The summed E-state index contributed by atoms with van der Waals surface area (Å²) < 4.78 is 2.24. The fourth-order valence-electron chi connectivity index (χ4n) is 6.03. The molecule has 0 radical (unpaired) electrons. The first-order valence-corrected chi connectivity index (χ1v) is 13.3. The summed E-state index contributed by atoms with van der Waals surface area (Å²) in [5, 5.41) is 10.6. The summed E-state index contributed by atoms with van der Waals surface area (Å²) in [7, 11) is 0. The summed E-state index contributed by atoms with van der Waals surface area (Å²) in [5.74, 6) is 3.29. The van der Waals surface area contributed by atoms with Gasteiger partial charge in [-0.15, -0.1) is 23.2 Å². The third-order valence-corrected chi connectivity index (χ3v) is 9.14. The Hall–Kier alpha value is -0.820. The fraction of sp³-hybridized carbons (Fsp3) is 0.833. The van der Waals surface area contributed by atoms with Crippen molar-refractivity contribution in [2.45, 2.75) is 81.8 Å². The number of hydrogen-bond acceptors (Lipinski definition) is 4. The Balaban J connectivity index is 1.39. The number of carbonyl (C=O) groups is 1. The van der Waals surface area contributed by atoms with Crippen molar-refractivity contribution in [3.63, 3.8) is 0 Å². The molecule has 1 saturated carbocycles. The lowest BCUT2D eigenvalue weighted by molar-refractivity contribution is -0.125. The number of nitrogens with zero attached hydrogens (tertiary/aromatic N) is 2. The van der Waals surface area contributed by atoms with Crippen LogP contribution in [0.2, 0.25) is 0 Å². The van der Waals surface area contributed by atoms with Gasteiger partial charge in [0.15, 0.2) is 0 Å². The first kappa shape index (κ1) is 24.3. The molecule has 6 nitrogen and oxygen atoms in total. The minimum Gasteiger partial charge on any atom is -0.354 e. The molecule has 3 aliphatic rings. The molecule has 8 heteroatoms. The molecule has 180 valence electrons. The Morgan fingerprint density at radius 2 is 2.03 bits per heavy atom. The number of hydrogen-bond donors (Lipinski definition) is 3. The highest BCUT2D eigenvalue weighted by Crippen LogP contribution is 2.33. The second kappa shape index (κ2) is 11.1. The maximum Gasteiger partial charge on any atom is 0.237 e. The number of carbonyl (C=O) groups excluding carboxylic acids is 1. The minimum atomic E-state index is -0.138. The molecule has 32 heavy (non-hydrogen) atoms. The average molecular weight is 485 g/mol. The second-order valence-electron chi connectivity index (χ2n) is 10.4. The number of aromatic nitrogens is 2. The zero-order valence-corrected chi connectivity index (χ0v) is 20.9. The molecule has 0 aromatic carbocycles. The smallest absolute Gasteiger partial charge is 0.237 e. The largest absolute Gasteiger partial charge is 0.354 e. The highest BCUT2D eigenvalue weighted by atomic mass is 35.5. The summed E-state index contributed by atoms with van der Waals surface area (Å²) >= 11 is 12.6. The van der Waals surface area contributed by atoms with E-state index in [2.05, 4.69) is 45.5 Å². The van der Waals surface area contributed by atoms with E-state index in [1.54, 1.807) is 0 Å². The van der Waals surface area contributed by atoms with Gasteiger partial charge in [0.25, 0.3) is 0 Å². The monoisotopic (exact) mass is 483 g/mol. The van der Waals surface area contributed by atoms with E-state index < -0.39 is 0 Å². The van der Waals surface area contributed by atoms with Gasteiger partial charge in [-0.25, -0.2) is 4.98 Å². The SMILES string of the molecule is Cc1nccn1CC1CC(C(=O)NCC2CCC(Cl)C(Cl)C2)NC(C2CCNCC2C)C1. The zero-order chi connectivity index (χ0) is 22.7. The number of aryl methyl sites for hydroxylation is 1. The van der Waals surface area contributed by atoms with Crippen LogP contribution in [-0.4, -0.2) is 57.9 Å². The third-order valence-electron chi connectivity index (χ3n) is 8.00. The van der Waals surface area contributed by atoms with E-state index in [0.29, 0.717) is 36.3 Å². The molecule has 3 heterocycles. The van der Waals surface area contributed by atoms with Crippen molar-refractivity contribution < 1.29 is 4.79 Å². The predicted molar refractivity (Wildman–Crippen MR) is 130 cm³/mol. The molecule has 2 saturated heterocycles. The number of halogens is 2. The number of rotatable bonds is 6. The molecule has 0 spiro atoms. The van der Waals surface area contributed by atoms with E-state index in [-0.39, 0.29) is 22.7 Å². The number of amides is 1. The van der Waals surface area contributed by atoms with Crippen molar-refractivity contribution in [3.8, 4) is 0 Å². The predicted octanol–water partition coefficient (Wildman–Crippen LogP) is 3.31. The average Bonchev–Trinajstić information content (AvgIpc) is 3.18. The van der Waals surface area contributed by atoms with E-state index in [9.17, 15) is 4.79 Å².